The summed E-state index contributed by atoms with van der Waals surface area (Å²) in [5.74, 6) is -4.03. The molecule has 22 heteroatoms. The van der Waals surface area contributed by atoms with Crippen LogP contribution in [0.5, 0.6) is 0 Å². The average molecular weight is 1040 g/mol. The van der Waals surface area contributed by atoms with Gasteiger partial charge < -0.3 is 45.5 Å². The number of likely N-dealkylation sites (tertiary alicyclic amines) is 1. The van der Waals surface area contributed by atoms with Crippen molar-refractivity contribution in [1.82, 2.24) is 35.3 Å². The zero-order chi connectivity index (χ0) is 53.1. The molecule has 2 saturated heterocycles. The normalized spacial score (nSPS) is 20.1. The van der Waals surface area contributed by atoms with Gasteiger partial charge in [-0.05, 0) is 68.5 Å². The molecular weight excluding hydrogens is 975 g/mol. The van der Waals surface area contributed by atoms with Gasteiger partial charge in [-0.25, -0.2) is 9.37 Å². The van der Waals surface area contributed by atoms with Crippen molar-refractivity contribution in [3.8, 4) is 10.4 Å². The number of carbonyl (C=O) groups is 5. The highest BCUT2D eigenvalue weighted by Gasteiger charge is 2.45. The van der Waals surface area contributed by atoms with Gasteiger partial charge in [0, 0.05) is 75.6 Å². The minimum atomic E-state index is -5.02. The predicted octanol–water partition coefficient (Wildman–Crippen LogP) is 5.19. The third-order valence-electron chi connectivity index (χ3n) is 13.6. The van der Waals surface area contributed by atoms with Crippen LogP contribution in [0.4, 0.5) is 28.9 Å². The van der Waals surface area contributed by atoms with Crippen molar-refractivity contribution in [3.05, 3.63) is 104 Å². The largest absolute Gasteiger partial charge is 0.417 e. The second-order valence-corrected chi connectivity index (χ2v) is 20.8. The molecule has 392 valence electrons. The summed E-state index contributed by atoms with van der Waals surface area (Å²) in [4.78, 5) is 93.8. The highest BCUT2D eigenvalue weighted by molar-refractivity contribution is 7.13. The van der Waals surface area contributed by atoms with Crippen molar-refractivity contribution in [2.75, 3.05) is 63.2 Å². The van der Waals surface area contributed by atoms with E-state index in [0.29, 0.717) is 30.9 Å². The summed E-state index contributed by atoms with van der Waals surface area (Å²) in [6.45, 7) is 11.0. The lowest BCUT2D eigenvalue weighted by molar-refractivity contribution is -0.145. The Bertz CT molecular complexity index is 2800. The van der Waals surface area contributed by atoms with Gasteiger partial charge in [0.25, 0.3) is 5.91 Å². The van der Waals surface area contributed by atoms with Gasteiger partial charge >= 0.3 is 6.18 Å². The van der Waals surface area contributed by atoms with Crippen LogP contribution in [0.15, 0.2) is 65.0 Å². The number of anilines is 2. The van der Waals surface area contributed by atoms with E-state index in [2.05, 4.69) is 30.8 Å². The Labute approximate surface area is 424 Å². The third kappa shape index (κ3) is 12.8. The SMILES string of the molecule is Cc1ncsc1-c1ccc(CNC(=O)[C@@H]2C[C@@H](O)CN2C(=O)C(NC(=O)COCC(=O)N2CC=C(c3cc(NC(=O)c4c[nH]c(=O)cc4C(F)(F)F)c(N4C[C@@H](C)N(C)[C@@H](C)C4)cc3F)CC2)C(C)(C)C)cc1. The fourth-order valence-corrected chi connectivity index (χ4v) is 10.1. The van der Waals surface area contributed by atoms with E-state index >= 15 is 4.39 Å². The molecule has 2 aromatic carbocycles. The standard InChI is InChI=1S/C51H61F4N9O8S/c1-28-22-63(23-29(2)61(28)7)40-19-38(52)35(17-39(40)59-47(69)36-21-56-42(66)18-37(36)51(53,54)55)32-12-14-62(15-13-32)44(68)26-72-25-43(67)60-46(50(4,5)6)49(71)64-24-34(65)16-41(64)48(70)57-20-31-8-10-33(11-9-31)45-30(3)58-27-73-45/h8-12,17-19,21,27-29,34,41,46,65H,13-16,20,22-26H2,1-7H3,(H,56,66)(H,57,70)(H,59,69)(H,60,67)/t28-,29+,34-,41+,46?/m1/s1. The summed E-state index contributed by atoms with van der Waals surface area (Å²) in [5.41, 5.74) is 1.23. The molecule has 4 aromatic rings. The van der Waals surface area contributed by atoms with Gasteiger partial charge in [0.05, 0.1) is 44.7 Å². The van der Waals surface area contributed by atoms with Crippen molar-refractivity contribution in [3.63, 3.8) is 0 Å². The van der Waals surface area contributed by atoms with Crippen molar-refractivity contribution >= 4 is 57.8 Å². The van der Waals surface area contributed by atoms with Crippen molar-refractivity contribution in [2.24, 2.45) is 5.41 Å². The summed E-state index contributed by atoms with van der Waals surface area (Å²) in [5, 5.41) is 18.7. The Kier molecular flexibility index (Phi) is 16.6. The highest BCUT2D eigenvalue weighted by atomic mass is 32.1. The van der Waals surface area contributed by atoms with Crippen LogP contribution in [0, 0.1) is 18.2 Å². The number of nitrogens with one attached hydrogen (secondary N) is 4. The number of hydrogen-bond acceptors (Lipinski definition) is 12. The molecule has 5 N–H and O–H groups in total. The molecule has 3 aliphatic heterocycles. The molecule has 3 aliphatic rings. The Balaban J connectivity index is 0.961. The zero-order valence-electron chi connectivity index (χ0n) is 41.7. The van der Waals surface area contributed by atoms with E-state index in [-0.39, 0.29) is 68.0 Å². The number of ether oxygens (including phenoxy) is 1. The summed E-state index contributed by atoms with van der Waals surface area (Å²) >= 11 is 1.54. The van der Waals surface area contributed by atoms with Crippen LogP contribution in [-0.2, 0) is 36.6 Å². The van der Waals surface area contributed by atoms with Gasteiger partial charge in [-0.1, -0.05) is 51.1 Å². The van der Waals surface area contributed by atoms with Crippen LogP contribution < -0.4 is 26.4 Å². The van der Waals surface area contributed by atoms with Gasteiger partial charge in [0.15, 0.2) is 0 Å². The van der Waals surface area contributed by atoms with E-state index in [0.717, 1.165) is 21.7 Å². The molecule has 0 spiro atoms. The van der Waals surface area contributed by atoms with E-state index < -0.39 is 95.0 Å². The molecular formula is C51H61F4N9O8S. The molecule has 0 aliphatic carbocycles. The van der Waals surface area contributed by atoms with Crippen LogP contribution >= 0.6 is 11.3 Å². The van der Waals surface area contributed by atoms with Gasteiger partial charge in [0.1, 0.15) is 31.1 Å². The summed E-state index contributed by atoms with van der Waals surface area (Å²) in [6, 6.07) is 8.47. The summed E-state index contributed by atoms with van der Waals surface area (Å²) in [6.07, 6.45) is -3.52. The number of pyridine rings is 1. The van der Waals surface area contributed by atoms with Crippen LogP contribution in [0.2, 0.25) is 0 Å². The third-order valence-corrected chi connectivity index (χ3v) is 14.6. The molecule has 2 aromatic heterocycles. The lowest BCUT2D eigenvalue weighted by atomic mass is 9.85. The minimum absolute atomic E-state index is 0.00435. The lowest BCUT2D eigenvalue weighted by Gasteiger charge is -2.44. The van der Waals surface area contributed by atoms with E-state index in [9.17, 15) is 47.0 Å². The fourth-order valence-electron chi connectivity index (χ4n) is 9.30. The molecule has 2 fully saturated rings. The van der Waals surface area contributed by atoms with Gasteiger partial charge in [-0.3, -0.25) is 33.7 Å². The van der Waals surface area contributed by atoms with E-state index in [1.54, 1.807) is 32.4 Å². The molecule has 7 rings (SSSR count). The number of aliphatic hydroxyl groups is 1. The van der Waals surface area contributed by atoms with Crippen LogP contribution in [0.1, 0.15) is 80.2 Å². The maximum absolute atomic E-state index is 16.2. The maximum Gasteiger partial charge on any atom is 0.417 e. The monoisotopic (exact) mass is 1040 g/mol. The van der Waals surface area contributed by atoms with Gasteiger partial charge in [0.2, 0.25) is 29.2 Å². The number of halogens is 4. The fraction of sp³-hybridized carbons (Fsp3) is 0.471. The summed E-state index contributed by atoms with van der Waals surface area (Å²) < 4.78 is 63.7. The molecule has 1 unspecified atom stereocenters. The van der Waals surface area contributed by atoms with Crippen LogP contribution in [0.25, 0.3) is 16.0 Å². The molecule has 5 amide bonds. The molecule has 73 heavy (non-hydrogen) atoms. The average Bonchev–Trinajstić information content (AvgIpc) is 3.96. The number of thiazole rings is 1. The summed E-state index contributed by atoms with van der Waals surface area (Å²) in [7, 11) is 1.95. The van der Waals surface area contributed by atoms with E-state index in [1.165, 1.54) is 33.3 Å². The van der Waals surface area contributed by atoms with Crippen LogP contribution in [0.3, 0.4) is 0 Å². The Hall–Kier alpha value is -6.49. The first-order valence-corrected chi connectivity index (χ1v) is 24.8. The number of nitrogens with zero attached hydrogens (tertiary/aromatic N) is 5. The Morgan fingerprint density at radius 1 is 1.00 bits per heavy atom. The molecule has 5 heterocycles. The van der Waals surface area contributed by atoms with Crippen molar-refractivity contribution < 1.29 is 51.4 Å². The number of carbonyl (C=O) groups excluding carboxylic acids is 5. The number of amides is 5. The maximum atomic E-state index is 16.2. The number of benzene rings is 2. The number of hydrogen-bond donors (Lipinski definition) is 5. The number of aryl methyl sites for hydroxylation is 1. The molecule has 0 radical (unpaired) electrons. The molecule has 5 atom stereocenters. The van der Waals surface area contributed by atoms with Crippen molar-refractivity contribution in [1.29, 1.82) is 0 Å². The highest BCUT2D eigenvalue weighted by Crippen LogP contribution is 2.38. The minimum Gasteiger partial charge on any atom is -0.391 e. The number of alkyl halides is 3. The van der Waals surface area contributed by atoms with Gasteiger partial charge in [-0.15, -0.1) is 11.3 Å². The number of aromatic amines is 1. The van der Waals surface area contributed by atoms with E-state index in [1.807, 2.05) is 57.0 Å². The first kappa shape index (κ1) is 54.3. The molecule has 0 bridgehead atoms. The lowest BCUT2D eigenvalue weighted by Crippen LogP contribution is -2.58. The number of aromatic nitrogens is 2. The molecule has 17 nitrogen and oxygen atoms in total. The topological polar surface area (TPSA) is 210 Å². The molecule has 0 saturated carbocycles. The van der Waals surface area contributed by atoms with Gasteiger partial charge in [-0.2, -0.15) is 13.2 Å². The van der Waals surface area contributed by atoms with Crippen LogP contribution in [-0.4, -0.2) is 143 Å². The number of aliphatic hydroxyl groups excluding tert-OH is 1. The van der Waals surface area contributed by atoms with Crippen molar-refractivity contribution in [2.45, 2.75) is 97.4 Å². The number of β-amino-alcohol motifs (C(OH)–C–C–N with tert-alkyl or cyclic N) is 1. The number of rotatable bonds is 14. The number of H-pyrrole nitrogens is 1. The second-order valence-electron chi connectivity index (χ2n) is 20.0. The smallest absolute Gasteiger partial charge is 0.391 e. The second kappa shape index (κ2) is 22.3. The van der Waals surface area contributed by atoms with E-state index in [4.69, 9.17) is 4.74 Å². The first-order valence-electron chi connectivity index (χ1n) is 23.9. The quantitative estimate of drug-likeness (QED) is 0.104. The first-order chi connectivity index (χ1) is 34.4. The Morgan fingerprint density at radius 2 is 1.70 bits per heavy atom. The number of piperazine rings is 1. The number of likely N-dealkylation sites (N-methyl/N-ethyl adjacent to an activating group) is 1. The Morgan fingerprint density at radius 3 is 2.32 bits per heavy atom. The zero-order valence-corrected chi connectivity index (χ0v) is 42.5. The predicted molar refractivity (Wildman–Crippen MR) is 267 cm³/mol.